The van der Waals surface area contributed by atoms with Gasteiger partial charge in [0.15, 0.2) is 0 Å². The third-order valence-electron chi connectivity index (χ3n) is 4.87. The molecule has 27 heavy (non-hydrogen) atoms. The normalized spacial score (nSPS) is 13.6. The van der Waals surface area contributed by atoms with Crippen LogP contribution in [0.1, 0.15) is 21.6 Å². The molecule has 0 bridgehead atoms. The van der Waals surface area contributed by atoms with Gasteiger partial charge in [-0.1, -0.05) is 33.6 Å². The number of carboxylic acids is 1. The van der Waals surface area contributed by atoms with Crippen molar-refractivity contribution in [2.45, 2.75) is 19.5 Å². The Bertz CT molecular complexity index is 1080. The van der Waals surface area contributed by atoms with Crippen LogP contribution < -0.4 is 0 Å². The van der Waals surface area contributed by atoms with Gasteiger partial charge < -0.3 is 14.6 Å². The van der Waals surface area contributed by atoms with Crippen molar-refractivity contribution in [2.24, 2.45) is 0 Å². The van der Waals surface area contributed by atoms with Crippen molar-refractivity contribution in [3.8, 4) is 0 Å². The average Bonchev–Trinajstić information content (AvgIpc) is 2.93. The lowest BCUT2D eigenvalue weighted by atomic mass is 10.0. The van der Waals surface area contributed by atoms with Gasteiger partial charge in [0.05, 0.1) is 0 Å². The molecule has 1 aliphatic heterocycles. The summed E-state index contributed by atoms with van der Waals surface area (Å²) in [6, 6.07) is 12.7. The molecule has 0 aliphatic carbocycles. The van der Waals surface area contributed by atoms with Crippen LogP contribution in [0.5, 0.6) is 0 Å². The van der Waals surface area contributed by atoms with E-state index >= 15 is 0 Å². The van der Waals surface area contributed by atoms with Gasteiger partial charge in [-0.3, -0.25) is 9.59 Å². The van der Waals surface area contributed by atoms with Crippen LogP contribution >= 0.6 is 27.5 Å². The van der Waals surface area contributed by atoms with E-state index in [4.69, 9.17) is 11.6 Å². The molecule has 0 unspecified atom stereocenters. The Balaban J connectivity index is 1.76. The molecule has 1 amide bonds. The van der Waals surface area contributed by atoms with Crippen molar-refractivity contribution < 1.29 is 14.7 Å². The fraction of sp³-hybridized carbons (Fsp3) is 0.200. The third-order valence-corrected chi connectivity index (χ3v) is 5.60. The Kier molecular flexibility index (Phi) is 4.70. The van der Waals surface area contributed by atoms with Crippen molar-refractivity contribution in [1.29, 1.82) is 0 Å². The van der Waals surface area contributed by atoms with Gasteiger partial charge in [0.25, 0.3) is 5.91 Å². The van der Waals surface area contributed by atoms with Crippen molar-refractivity contribution in [3.63, 3.8) is 0 Å². The largest absolute Gasteiger partial charge is 0.480 e. The SMILES string of the molecule is O=C(O)Cn1c2c(c3cc(Br)ccc31)CN(C(=O)c1cccc(Cl)c1)CC2. The minimum Gasteiger partial charge on any atom is -0.480 e. The molecule has 1 aliphatic rings. The first-order chi connectivity index (χ1) is 12.9. The number of fused-ring (bicyclic) bond motifs is 3. The number of carbonyl (C=O) groups excluding carboxylic acids is 1. The van der Waals surface area contributed by atoms with Crippen LogP contribution in [0.3, 0.4) is 0 Å². The molecule has 0 radical (unpaired) electrons. The third kappa shape index (κ3) is 3.35. The second kappa shape index (κ2) is 7.02. The number of amides is 1. The summed E-state index contributed by atoms with van der Waals surface area (Å²) in [5.41, 5.74) is 3.43. The summed E-state index contributed by atoms with van der Waals surface area (Å²) in [7, 11) is 0. The highest BCUT2D eigenvalue weighted by Crippen LogP contribution is 2.33. The van der Waals surface area contributed by atoms with E-state index in [0.717, 1.165) is 26.6 Å². The first-order valence-corrected chi connectivity index (χ1v) is 9.67. The second-order valence-electron chi connectivity index (χ2n) is 6.55. The summed E-state index contributed by atoms with van der Waals surface area (Å²) in [4.78, 5) is 26.0. The van der Waals surface area contributed by atoms with Crippen LogP contribution in [0.25, 0.3) is 10.9 Å². The zero-order valence-electron chi connectivity index (χ0n) is 14.3. The minimum absolute atomic E-state index is 0.0720. The molecule has 7 heteroatoms. The van der Waals surface area contributed by atoms with Crippen molar-refractivity contribution >= 4 is 50.3 Å². The van der Waals surface area contributed by atoms with Gasteiger partial charge in [-0.25, -0.2) is 0 Å². The zero-order valence-corrected chi connectivity index (χ0v) is 16.6. The summed E-state index contributed by atoms with van der Waals surface area (Å²) in [6.07, 6.45) is 0.612. The number of nitrogens with zero attached hydrogens (tertiary/aromatic N) is 2. The maximum atomic E-state index is 12.9. The first kappa shape index (κ1) is 18.1. The average molecular weight is 448 g/mol. The highest BCUT2D eigenvalue weighted by Gasteiger charge is 2.28. The van der Waals surface area contributed by atoms with E-state index in [0.29, 0.717) is 30.1 Å². The minimum atomic E-state index is -0.880. The van der Waals surface area contributed by atoms with Crippen molar-refractivity contribution in [1.82, 2.24) is 9.47 Å². The predicted molar refractivity (Wildman–Crippen MR) is 107 cm³/mol. The molecule has 1 aromatic heterocycles. The summed E-state index contributed by atoms with van der Waals surface area (Å²) in [6.45, 7) is 0.894. The summed E-state index contributed by atoms with van der Waals surface area (Å²) in [5.74, 6) is -0.952. The molecule has 2 aromatic carbocycles. The molecule has 5 nitrogen and oxygen atoms in total. The molecule has 0 saturated carbocycles. The number of hydrogen-bond acceptors (Lipinski definition) is 2. The Morgan fingerprint density at radius 1 is 1.19 bits per heavy atom. The van der Waals surface area contributed by atoms with Gasteiger partial charge in [0.1, 0.15) is 6.54 Å². The second-order valence-corrected chi connectivity index (χ2v) is 7.91. The summed E-state index contributed by atoms with van der Waals surface area (Å²) >= 11 is 9.51. The van der Waals surface area contributed by atoms with Crippen molar-refractivity contribution in [2.75, 3.05) is 6.54 Å². The smallest absolute Gasteiger partial charge is 0.323 e. The number of benzene rings is 2. The van der Waals surface area contributed by atoms with Crippen LogP contribution in [0.15, 0.2) is 46.9 Å². The Morgan fingerprint density at radius 3 is 2.74 bits per heavy atom. The van der Waals surface area contributed by atoms with E-state index in [9.17, 15) is 14.7 Å². The highest BCUT2D eigenvalue weighted by molar-refractivity contribution is 9.10. The predicted octanol–water partition coefficient (Wildman–Crippen LogP) is 4.34. The number of rotatable bonds is 3. The molecular formula is C20H16BrClN2O3. The molecule has 2 heterocycles. The van der Waals surface area contributed by atoms with Gasteiger partial charge in [-0.05, 0) is 36.4 Å². The van der Waals surface area contributed by atoms with Gasteiger partial charge in [0, 0.05) is 56.7 Å². The molecule has 3 aromatic rings. The summed E-state index contributed by atoms with van der Waals surface area (Å²) in [5, 5.41) is 10.8. The zero-order chi connectivity index (χ0) is 19.1. The first-order valence-electron chi connectivity index (χ1n) is 8.50. The quantitative estimate of drug-likeness (QED) is 0.650. The van der Waals surface area contributed by atoms with E-state index in [1.54, 1.807) is 29.2 Å². The standard InChI is InChI=1S/C20H16BrClN2O3/c21-13-4-5-17-15(9-13)16-10-23(7-6-18(16)24(17)11-19(25)26)20(27)12-2-1-3-14(22)8-12/h1-5,8-9H,6-7,10-11H2,(H,25,26). The molecule has 4 rings (SSSR count). The Morgan fingerprint density at radius 2 is 2.00 bits per heavy atom. The van der Waals surface area contributed by atoms with Gasteiger partial charge in [-0.15, -0.1) is 0 Å². The molecule has 138 valence electrons. The number of aliphatic carboxylic acids is 1. The van der Waals surface area contributed by atoms with E-state index in [1.165, 1.54) is 0 Å². The fourth-order valence-electron chi connectivity index (χ4n) is 3.72. The van der Waals surface area contributed by atoms with Gasteiger partial charge in [0.2, 0.25) is 0 Å². The maximum absolute atomic E-state index is 12.9. The maximum Gasteiger partial charge on any atom is 0.323 e. The molecule has 0 atom stereocenters. The fourth-order valence-corrected chi connectivity index (χ4v) is 4.27. The van der Waals surface area contributed by atoms with E-state index in [-0.39, 0.29) is 12.5 Å². The lowest BCUT2D eigenvalue weighted by molar-refractivity contribution is -0.137. The van der Waals surface area contributed by atoms with Crippen LogP contribution in [0, 0.1) is 0 Å². The molecule has 0 saturated heterocycles. The van der Waals surface area contributed by atoms with E-state index in [2.05, 4.69) is 15.9 Å². The van der Waals surface area contributed by atoms with Crippen LogP contribution in [-0.2, 0) is 24.3 Å². The van der Waals surface area contributed by atoms with Crippen LogP contribution in [0.4, 0.5) is 0 Å². The van der Waals surface area contributed by atoms with E-state index < -0.39 is 5.97 Å². The molecule has 0 spiro atoms. The molecule has 1 N–H and O–H groups in total. The molecular weight excluding hydrogens is 432 g/mol. The monoisotopic (exact) mass is 446 g/mol. The molecule has 0 fully saturated rings. The summed E-state index contributed by atoms with van der Waals surface area (Å²) < 4.78 is 2.77. The van der Waals surface area contributed by atoms with Gasteiger partial charge >= 0.3 is 5.97 Å². The lowest BCUT2D eigenvalue weighted by Gasteiger charge is -2.28. The number of hydrogen-bond donors (Lipinski definition) is 1. The van der Waals surface area contributed by atoms with Gasteiger partial charge in [-0.2, -0.15) is 0 Å². The number of carbonyl (C=O) groups is 2. The van der Waals surface area contributed by atoms with Crippen molar-refractivity contribution in [3.05, 3.63) is 68.8 Å². The van der Waals surface area contributed by atoms with Crippen LogP contribution in [0.2, 0.25) is 5.02 Å². The van der Waals surface area contributed by atoms with E-state index in [1.807, 2.05) is 22.8 Å². The van der Waals surface area contributed by atoms with Crippen LogP contribution in [-0.4, -0.2) is 33.0 Å². The Hall–Kier alpha value is -2.31. The lowest BCUT2D eigenvalue weighted by Crippen LogP contribution is -2.36. The number of aromatic nitrogens is 1. The number of carboxylic acid groups (broad SMARTS) is 1. The highest BCUT2D eigenvalue weighted by atomic mass is 79.9. The number of halogens is 2. The Labute approximate surface area is 169 Å². The topological polar surface area (TPSA) is 62.5 Å².